The third-order valence-electron chi connectivity index (χ3n) is 1.84. The van der Waals surface area contributed by atoms with E-state index in [9.17, 15) is 4.91 Å². The summed E-state index contributed by atoms with van der Waals surface area (Å²) in [6.45, 7) is 3.89. The molecule has 0 spiro atoms. The number of nitroso groups, excluding NO2 is 1. The van der Waals surface area contributed by atoms with Crippen molar-refractivity contribution in [2.45, 2.75) is 25.8 Å². The van der Waals surface area contributed by atoms with E-state index in [2.05, 4.69) is 10.7 Å². The first-order valence-corrected chi connectivity index (χ1v) is 4.27. The maximum Gasteiger partial charge on any atom is 0.0564 e. The molecule has 0 aliphatic rings. The Morgan fingerprint density at radius 3 is 2.46 bits per heavy atom. The molecule has 1 N–H and O–H groups in total. The Kier molecular flexibility index (Phi) is 3.01. The van der Waals surface area contributed by atoms with Gasteiger partial charge in [-0.15, -0.1) is 4.91 Å². The van der Waals surface area contributed by atoms with Gasteiger partial charge in [-0.25, -0.2) is 0 Å². The van der Waals surface area contributed by atoms with Gasteiger partial charge in [0.25, 0.3) is 0 Å². The number of rotatable bonds is 4. The third kappa shape index (κ3) is 3.23. The molecule has 0 saturated carbocycles. The SMILES string of the molecule is CC(C)(Cc1ccccc1)NN=O. The van der Waals surface area contributed by atoms with Crippen molar-refractivity contribution in [2.24, 2.45) is 5.29 Å². The van der Waals surface area contributed by atoms with Gasteiger partial charge in [-0.1, -0.05) is 30.3 Å². The van der Waals surface area contributed by atoms with Gasteiger partial charge in [-0.2, -0.15) is 0 Å². The van der Waals surface area contributed by atoms with Crippen LogP contribution in [0.4, 0.5) is 0 Å². The Morgan fingerprint density at radius 1 is 1.31 bits per heavy atom. The summed E-state index contributed by atoms with van der Waals surface area (Å²) in [5.74, 6) is 0. The molecular weight excluding hydrogens is 164 g/mol. The molecule has 0 unspecified atom stereocenters. The molecule has 0 fully saturated rings. The molecule has 3 heteroatoms. The minimum absolute atomic E-state index is 0.275. The van der Waals surface area contributed by atoms with Crippen LogP contribution >= 0.6 is 0 Å². The van der Waals surface area contributed by atoms with E-state index in [4.69, 9.17) is 0 Å². The van der Waals surface area contributed by atoms with Gasteiger partial charge in [-0.3, -0.25) is 5.43 Å². The molecule has 1 rings (SSSR count). The Hall–Kier alpha value is -1.38. The second kappa shape index (κ2) is 4.03. The van der Waals surface area contributed by atoms with E-state index in [-0.39, 0.29) is 5.54 Å². The van der Waals surface area contributed by atoms with Crippen LogP contribution < -0.4 is 5.43 Å². The quantitative estimate of drug-likeness (QED) is 0.567. The van der Waals surface area contributed by atoms with Crippen molar-refractivity contribution >= 4 is 0 Å². The van der Waals surface area contributed by atoms with Crippen molar-refractivity contribution in [3.63, 3.8) is 0 Å². The van der Waals surface area contributed by atoms with Crippen LogP contribution in [0.2, 0.25) is 0 Å². The second-order valence-corrected chi connectivity index (χ2v) is 3.75. The monoisotopic (exact) mass is 178 g/mol. The molecule has 1 aromatic carbocycles. The smallest absolute Gasteiger partial charge is 0.0564 e. The van der Waals surface area contributed by atoms with Crippen LogP contribution in [0.5, 0.6) is 0 Å². The lowest BCUT2D eigenvalue weighted by molar-refractivity contribution is 0.396. The Bertz CT molecular complexity index is 270. The van der Waals surface area contributed by atoms with Gasteiger partial charge in [0.05, 0.1) is 10.8 Å². The van der Waals surface area contributed by atoms with Crippen molar-refractivity contribution in [1.82, 2.24) is 5.43 Å². The topological polar surface area (TPSA) is 41.5 Å². The van der Waals surface area contributed by atoms with Crippen LogP contribution in [-0.2, 0) is 6.42 Å². The van der Waals surface area contributed by atoms with Crippen molar-refractivity contribution in [3.05, 3.63) is 40.8 Å². The minimum atomic E-state index is -0.275. The average Bonchev–Trinajstić information content (AvgIpc) is 2.04. The molecule has 0 radical (unpaired) electrons. The number of nitrogens with zero attached hydrogens (tertiary/aromatic N) is 1. The van der Waals surface area contributed by atoms with Crippen molar-refractivity contribution < 1.29 is 0 Å². The van der Waals surface area contributed by atoms with Crippen LogP contribution in [0, 0.1) is 4.91 Å². The van der Waals surface area contributed by atoms with E-state index >= 15 is 0 Å². The number of benzene rings is 1. The highest BCUT2D eigenvalue weighted by molar-refractivity contribution is 5.17. The molecule has 0 aromatic heterocycles. The van der Waals surface area contributed by atoms with Gasteiger partial charge >= 0.3 is 0 Å². The van der Waals surface area contributed by atoms with E-state index in [0.29, 0.717) is 0 Å². The van der Waals surface area contributed by atoms with Crippen LogP contribution in [0.3, 0.4) is 0 Å². The maximum atomic E-state index is 10.0. The highest BCUT2D eigenvalue weighted by atomic mass is 16.3. The van der Waals surface area contributed by atoms with Gasteiger partial charge in [0.1, 0.15) is 0 Å². The van der Waals surface area contributed by atoms with Crippen LogP contribution in [0.15, 0.2) is 35.6 Å². The van der Waals surface area contributed by atoms with E-state index in [0.717, 1.165) is 6.42 Å². The summed E-state index contributed by atoms with van der Waals surface area (Å²) in [5.41, 5.74) is 3.46. The fraction of sp³-hybridized carbons (Fsp3) is 0.400. The maximum absolute atomic E-state index is 10.0. The van der Waals surface area contributed by atoms with Crippen LogP contribution in [-0.4, -0.2) is 5.54 Å². The molecule has 13 heavy (non-hydrogen) atoms. The Balaban J connectivity index is 2.63. The fourth-order valence-electron chi connectivity index (χ4n) is 1.27. The lowest BCUT2D eigenvalue weighted by Gasteiger charge is -2.22. The standard InChI is InChI=1S/C10H14N2O/c1-10(2,11-12-13)8-9-6-4-3-5-7-9/h3-7H,8H2,1-2H3,(H,11,13). The molecule has 0 saturated heterocycles. The summed E-state index contributed by atoms with van der Waals surface area (Å²) in [5, 5.41) is 2.70. The number of hydrogen-bond donors (Lipinski definition) is 1. The van der Waals surface area contributed by atoms with E-state index < -0.39 is 0 Å². The summed E-state index contributed by atoms with van der Waals surface area (Å²) in [7, 11) is 0. The summed E-state index contributed by atoms with van der Waals surface area (Å²) in [4.78, 5) is 10.0. The Morgan fingerprint density at radius 2 is 1.92 bits per heavy atom. The van der Waals surface area contributed by atoms with Crippen molar-refractivity contribution in [1.29, 1.82) is 0 Å². The van der Waals surface area contributed by atoms with Gasteiger partial charge in [-0.05, 0) is 25.8 Å². The largest absolute Gasteiger partial charge is 0.268 e. The predicted molar refractivity (Wildman–Crippen MR) is 53.2 cm³/mol. The number of nitrogens with one attached hydrogen (secondary N) is 1. The van der Waals surface area contributed by atoms with Gasteiger partial charge in [0, 0.05) is 0 Å². The first-order valence-electron chi connectivity index (χ1n) is 4.27. The average molecular weight is 178 g/mol. The predicted octanol–water partition coefficient (Wildman–Crippen LogP) is 2.28. The molecule has 0 atom stereocenters. The zero-order valence-corrected chi connectivity index (χ0v) is 7.95. The minimum Gasteiger partial charge on any atom is -0.268 e. The summed E-state index contributed by atoms with van der Waals surface area (Å²) in [6.07, 6.45) is 0.791. The van der Waals surface area contributed by atoms with E-state index in [1.165, 1.54) is 5.56 Å². The van der Waals surface area contributed by atoms with E-state index in [1.54, 1.807) is 0 Å². The summed E-state index contributed by atoms with van der Waals surface area (Å²) in [6, 6.07) is 10.0. The molecule has 0 heterocycles. The van der Waals surface area contributed by atoms with Crippen molar-refractivity contribution in [2.75, 3.05) is 0 Å². The highest BCUT2D eigenvalue weighted by Gasteiger charge is 2.17. The zero-order valence-electron chi connectivity index (χ0n) is 7.95. The lowest BCUT2D eigenvalue weighted by Crippen LogP contribution is -2.37. The van der Waals surface area contributed by atoms with Crippen LogP contribution in [0.25, 0.3) is 0 Å². The van der Waals surface area contributed by atoms with Gasteiger partial charge in [0.15, 0.2) is 0 Å². The first-order chi connectivity index (χ1) is 6.14. The highest BCUT2D eigenvalue weighted by Crippen LogP contribution is 2.11. The third-order valence-corrected chi connectivity index (χ3v) is 1.84. The fourth-order valence-corrected chi connectivity index (χ4v) is 1.27. The lowest BCUT2D eigenvalue weighted by atomic mass is 9.96. The van der Waals surface area contributed by atoms with Crippen molar-refractivity contribution in [3.8, 4) is 0 Å². The normalized spacial score (nSPS) is 10.9. The Labute approximate surface area is 78.1 Å². The van der Waals surface area contributed by atoms with Gasteiger partial charge < -0.3 is 0 Å². The zero-order chi connectivity index (χ0) is 9.73. The molecular formula is C10H14N2O. The molecule has 0 aliphatic carbocycles. The summed E-state index contributed by atoms with van der Waals surface area (Å²) < 4.78 is 0. The van der Waals surface area contributed by atoms with Gasteiger partial charge in [0.2, 0.25) is 0 Å². The molecule has 3 nitrogen and oxygen atoms in total. The molecule has 70 valence electrons. The van der Waals surface area contributed by atoms with E-state index in [1.807, 2.05) is 44.2 Å². The number of hydrogen-bond acceptors (Lipinski definition) is 2. The molecule has 1 aromatic rings. The summed E-state index contributed by atoms with van der Waals surface area (Å²) >= 11 is 0. The second-order valence-electron chi connectivity index (χ2n) is 3.75. The molecule has 0 bridgehead atoms. The molecule has 0 aliphatic heterocycles. The van der Waals surface area contributed by atoms with Crippen LogP contribution in [0.1, 0.15) is 19.4 Å². The molecule has 0 amide bonds. The first kappa shape index (κ1) is 9.71.